The van der Waals surface area contributed by atoms with Crippen LogP contribution in [-0.2, 0) is 11.3 Å². The summed E-state index contributed by atoms with van der Waals surface area (Å²) in [5.41, 5.74) is 8.45. The Balaban J connectivity index is 1.30. The van der Waals surface area contributed by atoms with Crippen molar-refractivity contribution >= 4 is 61.5 Å². The number of hydrazine groups is 1. The molecular formula is C25H20N4OS. The molecule has 31 heavy (non-hydrogen) atoms. The molecule has 0 saturated carbocycles. The Hall–Kier alpha value is -3.90. The minimum atomic E-state index is -0.187. The average molecular weight is 425 g/mol. The fourth-order valence-corrected chi connectivity index (χ4v) is 4.13. The van der Waals surface area contributed by atoms with Crippen LogP contribution in [0.15, 0.2) is 91.0 Å². The zero-order chi connectivity index (χ0) is 21.2. The maximum Gasteiger partial charge on any atom is 0.258 e. The van der Waals surface area contributed by atoms with E-state index in [1.165, 1.54) is 0 Å². The van der Waals surface area contributed by atoms with Crippen molar-refractivity contribution in [3.63, 3.8) is 0 Å². The SMILES string of the molecule is O=C(Cn1c2ccccc2c2ccccc21)NNC(=S)Nc1cccc2ccccc12. The molecule has 0 unspecified atom stereocenters. The van der Waals surface area contributed by atoms with E-state index in [1.807, 2.05) is 83.4 Å². The topological polar surface area (TPSA) is 58.1 Å². The van der Waals surface area contributed by atoms with Gasteiger partial charge < -0.3 is 9.88 Å². The molecule has 0 aliphatic heterocycles. The number of benzene rings is 4. The van der Waals surface area contributed by atoms with Crippen LogP contribution in [0.1, 0.15) is 0 Å². The lowest BCUT2D eigenvalue weighted by molar-refractivity contribution is -0.122. The molecule has 1 heterocycles. The van der Waals surface area contributed by atoms with Crippen molar-refractivity contribution in [2.45, 2.75) is 6.54 Å². The van der Waals surface area contributed by atoms with Crippen LogP contribution in [0.5, 0.6) is 0 Å². The van der Waals surface area contributed by atoms with Crippen molar-refractivity contribution in [2.24, 2.45) is 0 Å². The fourth-order valence-electron chi connectivity index (χ4n) is 3.97. The van der Waals surface area contributed by atoms with Gasteiger partial charge in [0.05, 0.1) is 0 Å². The second-order valence-corrected chi connectivity index (χ2v) is 7.68. The number of rotatable bonds is 3. The van der Waals surface area contributed by atoms with Gasteiger partial charge in [0.25, 0.3) is 5.91 Å². The lowest BCUT2D eigenvalue weighted by Crippen LogP contribution is -2.45. The van der Waals surface area contributed by atoms with E-state index in [2.05, 4.69) is 28.3 Å². The second kappa shape index (κ2) is 8.08. The maximum atomic E-state index is 12.7. The Morgan fingerprint density at radius 3 is 2.00 bits per heavy atom. The van der Waals surface area contributed by atoms with Crippen LogP contribution in [0.25, 0.3) is 32.6 Å². The fraction of sp³-hybridized carbons (Fsp3) is 0.0400. The number of aromatic nitrogens is 1. The second-order valence-electron chi connectivity index (χ2n) is 7.27. The van der Waals surface area contributed by atoms with Gasteiger partial charge in [-0.1, -0.05) is 72.8 Å². The van der Waals surface area contributed by atoms with Gasteiger partial charge in [-0.05, 0) is 35.8 Å². The van der Waals surface area contributed by atoms with E-state index in [0.717, 1.165) is 38.3 Å². The smallest absolute Gasteiger partial charge is 0.258 e. The molecule has 5 aromatic rings. The van der Waals surface area contributed by atoms with E-state index in [4.69, 9.17) is 12.2 Å². The first-order valence-electron chi connectivity index (χ1n) is 10.0. The predicted molar refractivity (Wildman–Crippen MR) is 131 cm³/mol. The molecule has 0 atom stereocenters. The Morgan fingerprint density at radius 2 is 1.29 bits per heavy atom. The summed E-state index contributed by atoms with van der Waals surface area (Å²) in [6, 6.07) is 30.2. The highest BCUT2D eigenvalue weighted by Crippen LogP contribution is 2.28. The van der Waals surface area contributed by atoms with Crippen molar-refractivity contribution < 1.29 is 4.79 Å². The van der Waals surface area contributed by atoms with Crippen LogP contribution in [0.4, 0.5) is 5.69 Å². The van der Waals surface area contributed by atoms with Crippen LogP contribution in [0.2, 0.25) is 0 Å². The number of nitrogens with one attached hydrogen (secondary N) is 3. The van der Waals surface area contributed by atoms with E-state index in [9.17, 15) is 4.79 Å². The summed E-state index contributed by atoms with van der Waals surface area (Å²) in [5.74, 6) is -0.187. The molecule has 1 aromatic heterocycles. The zero-order valence-electron chi connectivity index (χ0n) is 16.6. The van der Waals surface area contributed by atoms with Gasteiger partial charge in [-0.25, -0.2) is 0 Å². The third-order valence-corrected chi connectivity index (χ3v) is 5.54. The summed E-state index contributed by atoms with van der Waals surface area (Å²) in [5, 5.41) is 7.92. The van der Waals surface area contributed by atoms with Gasteiger partial charge in [0.15, 0.2) is 5.11 Å². The number of hydrogen-bond donors (Lipinski definition) is 3. The molecule has 0 radical (unpaired) electrons. The Labute approximate surface area is 184 Å². The van der Waals surface area contributed by atoms with Crippen molar-refractivity contribution in [2.75, 3.05) is 5.32 Å². The molecule has 3 N–H and O–H groups in total. The lowest BCUT2D eigenvalue weighted by Gasteiger charge is -2.14. The summed E-state index contributed by atoms with van der Waals surface area (Å²) in [7, 11) is 0. The highest BCUT2D eigenvalue weighted by Gasteiger charge is 2.12. The van der Waals surface area contributed by atoms with Gasteiger partial charge in [-0.2, -0.15) is 0 Å². The number of anilines is 1. The van der Waals surface area contributed by atoms with Crippen LogP contribution in [0.3, 0.4) is 0 Å². The molecule has 0 saturated heterocycles. The number of para-hydroxylation sites is 2. The molecule has 152 valence electrons. The third kappa shape index (κ3) is 3.69. The molecule has 0 spiro atoms. The van der Waals surface area contributed by atoms with E-state index in [-0.39, 0.29) is 12.5 Å². The molecule has 0 fully saturated rings. The normalized spacial score (nSPS) is 11.0. The molecule has 6 heteroatoms. The van der Waals surface area contributed by atoms with Crippen LogP contribution in [-0.4, -0.2) is 15.6 Å². The first kappa shape index (κ1) is 19.1. The van der Waals surface area contributed by atoms with Crippen molar-refractivity contribution in [1.29, 1.82) is 0 Å². The Kier molecular flexibility index (Phi) is 4.98. The first-order valence-corrected chi connectivity index (χ1v) is 10.4. The highest BCUT2D eigenvalue weighted by molar-refractivity contribution is 7.80. The van der Waals surface area contributed by atoms with Crippen molar-refractivity contribution in [3.8, 4) is 0 Å². The number of carbonyl (C=O) groups is 1. The van der Waals surface area contributed by atoms with E-state index in [0.29, 0.717) is 5.11 Å². The minimum Gasteiger partial charge on any atom is -0.331 e. The van der Waals surface area contributed by atoms with Gasteiger partial charge in [-0.3, -0.25) is 15.6 Å². The summed E-state index contributed by atoms with van der Waals surface area (Å²) in [4.78, 5) is 12.7. The predicted octanol–water partition coefficient (Wildman–Crippen LogP) is 4.97. The summed E-state index contributed by atoms with van der Waals surface area (Å²) in [6.07, 6.45) is 0. The maximum absolute atomic E-state index is 12.7. The molecule has 4 aromatic carbocycles. The van der Waals surface area contributed by atoms with Gasteiger partial charge in [-0.15, -0.1) is 0 Å². The standard InChI is InChI=1S/C25H20N4OS/c30-24(16-29-22-14-5-3-11-19(22)20-12-4-6-15-23(20)29)27-28-25(31)26-21-13-7-9-17-8-1-2-10-18(17)21/h1-15H,16H2,(H,27,30)(H2,26,28,31). The third-order valence-electron chi connectivity index (χ3n) is 5.33. The number of fused-ring (bicyclic) bond motifs is 4. The van der Waals surface area contributed by atoms with Crippen LogP contribution >= 0.6 is 12.2 Å². The van der Waals surface area contributed by atoms with E-state index < -0.39 is 0 Å². The molecule has 0 aliphatic carbocycles. The van der Waals surface area contributed by atoms with Crippen molar-refractivity contribution in [1.82, 2.24) is 15.4 Å². The van der Waals surface area contributed by atoms with Gasteiger partial charge >= 0.3 is 0 Å². The summed E-state index contributed by atoms with van der Waals surface area (Å²) >= 11 is 5.38. The number of amides is 1. The highest BCUT2D eigenvalue weighted by atomic mass is 32.1. The molecule has 0 bridgehead atoms. The van der Waals surface area contributed by atoms with Gasteiger partial charge in [0.2, 0.25) is 0 Å². The zero-order valence-corrected chi connectivity index (χ0v) is 17.4. The van der Waals surface area contributed by atoms with E-state index in [1.54, 1.807) is 0 Å². The Bertz CT molecular complexity index is 1380. The number of carbonyl (C=O) groups excluding carboxylic acids is 1. The quantitative estimate of drug-likeness (QED) is 0.283. The monoisotopic (exact) mass is 424 g/mol. The number of thiocarbonyl (C=S) groups is 1. The van der Waals surface area contributed by atoms with Crippen LogP contribution < -0.4 is 16.2 Å². The lowest BCUT2D eigenvalue weighted by atomic mass is 10.1. The van der Waals surface area contributed by atoms with E-state index >= 15 is 0 Å². The first-order chi connectivity index (χ1) is 15.2. The summed E-state index contributed by atoms with van der Waals surface area (Å²) < 4.78 is 2.02. The van der Waals surface area contributed by atoms with Crippen LogP contribution in [0, 0.1) is 0 Å². The average Bonchev–Trinajstić information content (AvgIpc) is 3.12. The minimum absolute atomic E-state index is 0.178. The molecular weight excluding hydrogens is 404 g/mol. The Morgan fingerprint density at radius 1 is 0.710 bits per heavy atom. The number of nitrogens with zero attached hydrogens (tertiary/aromatic N) is 1. The molecule has 1 amide bonds. The molecule has 0 aliphatic rings. The largest absolute Gasteiger partial charge is 0.331 e. The molecule has 5 nitrogen and oxygen atoms in total. The van der Waals surface area contributed by atoms with Gasteiger partial charge in [0, 0.05) is 32.9 Å². The van der Waals surface area contributed by atoms with Crippen molar-refractivity contribution in [3.05, 3.63) is 91.0 Å². The van der Waals surface area contributed by atoms with Gasteiger partial charge in [0.1, 0.15) is 6.54 Å². The number of hydrogen-bond acceptors (Lipinski definition) is 2. The summed E-state index contributed by atoms with van der Waals surface area (Å²) in [6.45, 7) is 0.178. The molecule has 5 rings (SSSR count).